The van der Waals surface area contributed by atoms with Crippen LogP contribution >= 0.6 is 0 Å². The number of oxazole rings is 1. The summed E-state index contributed by atoms with van der Waals surface area (Å²) < 4.78 is 5.23. The van der Waals surface area contributed by atoms with E-state index in [-0.39, 0.29) is 11.3 Å². The monoisotopic (exact) mass is 273 g/mol. The summed E-state index contributed by atoms with van der Waals surface area (Å²) in [5.41, 5.74) is 7.18. The summed E-state index contributed by atoms with van der Waals surface area (Å²) in [5.74, 6) is 0.452. The van der Waals surface area contributed by atoms with Gasteiger partial charge in [0, 0.05) is 11.3 Å². The minimum atomic E-state index is -0.573. The topological polar surface area (TPSA) is 81.2 Å². The van der Waals surface area contributed by atoms with E-state index in [0.29, 0.717) is 11.4 Å². The minimum absolute atomic E-state index is 0.202. The lowest BCUT2D eigenvalue weighted by atomic mass is 9.87. The number of amides is 1. The summed E-state index contributed by atoms with van der Waals surface area (Å²) in [6.45, 7) is 5.80. The molecule has 1 unspecified atom stereocenters. The highest BCUT2D eigenvalue weighted by Gasteiger charge is 2.27. The molecule has 1 amide bonds. The van der Waals surface area contributed by atoms with E-state index in [9.17, 15) is 4.79 Å². The summed E-state index contributed by atoms with van der Waals surface area (Å²) >= 11 is 0. The van der Waals surface area contributed by atoms with Gasteiger partial charge in [-0.15, -0.1) is 0 Å². The van der Waals surface area contributed by atoms with Crippen molar-refractivity contribution in [2.45, 2.75) is 26.8 Å². The molecular formula is C15H19N3O2. The fourth-order valence-electron chi connectivity index (χ4n) is 1.72. The van der Waals surface area contributed by atoms with Crippen LogP contribution in [0.4, 0.5) is 5.69 Å². The number of nitrogens with one attached hydrogen (secondary N) is 1. The number of nitrogens with zero attached hydrogens (tertiary/aromatic N) is 1. The van der Waals surface area contributed by atoms with E-state index in [0.717, 1.165) is 5.56 Å². The molecule has 5 heteroatoms. The molecule has 0 fully saturated rings. The minimum Gasteiger partial charge on any atom is -0.444 e. The van der Waals surface area contributed by atoms with Gasteiger partial charge in [0.1, 0.15) is 0 Å². The molecular weight excluding hydrogens is 254 g/mol. The molecule has 1 aromatic carbocycles. The maximum Gasteiger partial charge on any atom is 0.241 e. The zero-order valence-corrected chi connectivity index (χ0v) is 11.9. The third kappa shape index (κ3) is 3.24. The second kappa shape index (κ2) is 5.46. The molecule has 1 aromatic heterocycles. The molecule has 0 saturated carbocycles. The lowest BCUT2D eigenvalue weighted by Gasteiger charge is -2.25. The second-order valence-corrected chi connectivity index (χ2v) is 5.78. The predicted octanol–water partition coefficient (Wildman–Crippen LogP) is 2.65. The highest BCUT2D eigenvalue weighted by Crippen LogP contribution is 2.23. The molecule has 0 aliphatic rings. The third-order valence-corrected chi connectivity index (χ3v) is 3.06. The maximum atomic E-state index is 12.1. The van der Waals surface area contributed by atoms with Crippen LogP contribution in [0.2, 0.25) is 0 Å². The van der Waals surface area contributed by atoms with Gasteiger partial charge in [-0.05, 0) is 17.5 Å². The predicted molar refractivity (Wildman–Crippen MR) is 78.0 cm³/mol. The van der Waals surface area contributed by atoms with Crippen molar-refractivity contribution in [3.8, 4) is 11.3 Å². The molecule has 5 nitrogen and oxygen atoms in total. The quantitative estimate of drug-likeness (QED) is 0.900. The van der Waals surface area contributed by atoms with Crippen molar-refractivity contribution in [3.63, 3.8) is 0 Å². The number of carbonyl (C=O) groups excluding carboxylic acids is 1. The van der Waals surface area contributed by atoms with Crippen LogP contribution in [0.5, 0.6) is 0 Å². The van der Waals surface area contributed by atoms with Crippen molar-refractivity contribution >= 4 is 11.6 Å². The highest BCUT2D eigenvalue weighted by atomic mass is 16.3. The van der Waals surface area contributed by atoms with E-state index in [1.165, 1.54) is 6.39 Å². The van der Waals surface area contributed by atoms with Crippen molar-refractivity contribution in [1.82, 2.24) is 4.98 Å². The van der Waals surface area contributed by atoms with Crippen LogP contribution in [0.15, 0.2) is 41.3 Å². The molecule has 20 heavy (non-hydrogen) atoms. The van der Waals surface area contributed by atoms with Crippen molar-refractivity contribution in [2.75, 3.05) is 5.32 Å². The number of benzene rings is 1. The van der Waals surface area contributed by atoms with Crippen LogP contribution in [0.1, 0.15) is 20.8 Å². The van der Waals surface area contributed by atoms with Gasteiger partial charge in [0.2, 0.25) is 5.91 Å². The molecule has 2 rings (SSSR count). The summed E-state index contributed by atoms with van der Waals surface area (Å²) in [6.07, 6.45) is 3.00. The number of hydrogen-bond acceptors (Lipinski definition) is 4. The Morgan fingerprint density at radius 3 is 2.75 bits per heavy atom. The molecule has 0 radical (unpaired) electrons. The molecule has 2 aromatic rings. The molecule has 0 spiro atoms. The Balaban J connectivity index is 2.15. The van der Waals surface area contributed by atoms with Crippen LogP contribution in [0.3, 0.4) is 0 Å². The maximum absolute atomic E-state index is 12.1. The van der Waals surface area contributed by atoms with Gasteiger partial charge in [0.15, 0.2) is 12.2 Å². The van der Waals surface area contributed by atoms with E-state index in [4.69, 9.17) is 10.2 Å². The van der Waals surface area contributed by atoms with E-state index >= 15 is 0 Å². The van der Waals surface area contributed by atoms with Crippen LogP contribution in [-0.4, -0.2) is 16.9 Å². The molecule has 3 N–H and O–H groups in total. The van der Waals surface area contributed by atoms with Crippen LogP contribution in [0, 0.1) is 5.41 Å². The van der Waals surface area contributed by atoms with Gasteiger partial charge in [0.05, 0.1) is 12.2 Å². The summed E-state index contributed by atoms with van der Waals surface area (Å²) in [4.78, 5) is 16.0. The Hall–Kier alpha value is -2.14. The van der Waals surface area contributed by atoms with E-state index in [1.54, 1.807) is 6.20 Å². The van der Waals surface area contributed by atoms with Gasteiger partial charge in [0.25, 0.3) is 0 Å². The summed E-state index contributed by atoms with van der Waals surface area (Å²) in [6, 6.07) is 6.80. The first kappa shape index (κ1) is 14.3. The van der Waals surface area contributed by atoms with Crippen molar-refractivity contribution < 1.29 is 9.21 Å². The molecule has 1 heterocycles. The van der Waals surface area contributed by atoms with Gasteiger partial charge < -0.3 is 15.5 Å². The Bertz CT molecular complexity index is 585. The Morgan fingerprint density at radius 2 is 2.15 bits per heavy atom. The van der Waals surface area contributed by atoms with Gasteiger partial charge in [-0.25, -0.2) is 4.98 Å². The normalized spacial score (nSPS) is 13.0. The van der Waals surface area contributed by atoms with Gasteiger partial charge in [-0.1, -0.05) is 32.9 Å². The van der Waals surface area contributed by atoms with E-state index in [2.05, 4.69) is 10.3 Å². The van der Waals surface area contributed by atoms with Crippen molar-refractivity contribution in [2.24, 2.45) is 11.1 Å². The SMILES string of the molecule is CC(C)(C)C(N)C(=O)Nc1cccc(-c2cnco2)c1. The summed E-state index contributed by atoms with van der Waals surface area (Å²) in [7, 11) is 0. The highest BCUT2D eigenvalue weighted by molar-refractivity contribution is 5.95. The van der Waals surface area contributed by atoms with E-state index in [1.807, 2.05) is 45.0 Å². The zero-order chi connectivity index (χ0) is 14.8. The standard InChI is InChI=1S/C15H19N3O2/c1-15(2,3)13(16)14(19)18-11-6-4-5-10(7-11)12-8-17-9-20-12/h4-9,13H,16H2,1-3H3,(H,18,19). The summed E-state index contributed by atoms with van der Waals surface area (Å²) in [5, 5.41) is 2.82. The largest absolute Gasteiger partial charge is 0.444 e. The molecule has 0 saturated heterocycles. The first-order valence-corrected chi connectivity index (χ1v) is 6.43. The van der Waals surface area contributed by atoms with Gasteiger partial charge >= 0.3 is 0 Å². The average molecular weight is 273 g/mol. The van der Waals surface area contributed by atoms with Gasteiger partial charge in [-0.2, -0.15) is 0 Å². The Kier molecular flexibility index (Phi) is 3.90. The van der Waals surface area contributed by atoms with Crippen LogP contribution < -0.4 is 11.1 Å². The number of anilines is 1. The number of hydrogen-bond donors (Lipinski definition) is 2. The molecule has 0 aliphatic heterocycles. The second-order valence-electron chi connectivity index (χ2n) is 5.78. The first-order chi connectivity index (χ1) is 9.38. The van der Waals surface area contributed by atoms with E-state index < -0.39 is 6.04 Å². The Labute approximate surface area is 118 Å². The average Bonchev–Trinajstić information content (AvgIpc) is 2.91. The number of carbonyl (C=O) groups is 1. The number of nitrogens with two attached hydrogens (primary N) is 1. The van der Waals surface area contributed by atoms with Crippen molar-refractivity contribution in [1.29, 1.82) is 0 Å². The third-order valence-electron chi connectivity index (χ3n) is 3.06. The molecule has 0 bridgehead atoms. The smallest absolute Gasteiger partial charge is 0.241 e. The lowest BCUT2D eigenvalue weighted by Crippen LogP contribution is -2.45. The molecule has 1 atom stereocenters. The fourth-order valence-corrected chi connectivity index (χ4v) is 1.72. The number of aromatic nitrogens is 1. The van der Waals surface area contributed by atoms with Crippen LogP contribution in [0.25, 0.3) is 11.3 Å². The molecule has 0 aliphatic carbocycles. The fraction of sp³-hybridized carbons (Fsp3) is 0.333. The first-order valence-electron chi connectivity index (χ1n) is 6.43. The Morgan fingerprint density at radius 1 is 1.40 bits per heavy atom. The van der Waals surface area contributed by atoms with Crippen LogP contribution in [-0.2, 0) is 4.79 Å². The van der Waals surface area contributed by atoms with Gasteiger partial charge in [-0.3, -0.25) is 4.79 Å². The zero-order valence-electron chi connectivity index (χ0n) is 11.9. The number of rotatable bonds is 3. The van der Waals surface area contributed by atoms with Crippen molar-refractivity contribution in [3.05, 3.63) is 36.9 Å². The lowest BCUT2D eigenvalue weighted by molar-refractivity contribution is -0.119. The molecule has 106 valence electrons.